The summed E-state index contributed by atoms with van der Waals surface area (Å²) in [6, 6.07) is 0. The second kappa shape index (κ2) is 7.91. The normalized spacial score (nSPS) is 17.3. The van der Waals surface area contributed by atoms with Gasteiger partial charge in [0.25, 0.3) is 0 Å². The van der Waals surface area contributed by atoms with Crippen molar-refractivity contribution in [2.24, 2.45) is 11.8 Å². The van der Waals surface area contributed by atoms with Crippen molar-refractivity contribution in [3.05, 3.63) is 0 Å². The number of carbonyl (C=O) groups excluding carboxylic acids is 1. The number of ether oxygens (including phenoxy) is 1. The maximum Gasteiger partial charge on any atom is 0.327 e. The third kappa shape index (κ3) is 5.97. The highest BCUT2D eigenvalue weighted by molar-refractivity contribution is 5.85. The summed E-state index contributed by atoms with van der Waals surface area (Å²) in [6.07, 6.45) is 1.56. The van der Waals surface area contributed by atoms with Crippen molar-refractivity contribution in [3.8, 4) is 0 Å². The predicted octanol–water partition coefficient (Wildman–Crippen LogP) is 1.54. The SMILES string of the molecule is CC(C)CNOC(=O)C1CCOCC1.Cl. The Hall–Kier alpha value is -0.320. The van der Waals surface area contributed by atoms with Crippen LogP contribution in [0.5, 0.6) is 0 Å². The Bertz CT molecular complexity index is 182. The van der Waals surface area contributed by atoms with E-state index in [1.807, 2.05) is 0 Å². The van der Waals surface area contributed by atoms with Gasteiger partial charge in [0.05, 0.1) is 5.92 Å². The zero-order chi connectivity index (χ0) is 10.4. The topological polar surface area (TPSA) is 47.6 Å². The lowest BCUT2D eigenvalue weighted by atomic mass is 10.0. The highest BCUT2D eigenvalue weighted by Crippen LogP contribution is 2.15. The lowest BCUT2D eigenvalue weighted by molar-refractivity contribution is -0.159. The molecule has 0 aromatic carbocycles. The zero-order valence-electron chi connectivity index (χ0n) is 9.32. The van der Waals surface area contributed by atoms with Crippen LogP contribution in [-0.2, 0) is 14.4 Å². The van der Waals surface area contributed by atoms with E-state index in [4.69, 9.17) is 9.57 Å². The minimum atomic E-state index is -0.144. The van der Waals surface area contributed by atoms with Crippen LogP contribution in [0, 0.1) is 11.8 Å². The van der Waals surface area contributed by atoms with Crippen LogP contribution in [0.25, 0.3) is 0 Å². The molecule has 1 aliphatic heterocycles. The number of hydrogen-bond acceptors (Lipinski definition) is 4. The number of carbonyl (C=O) groups is 1. The van der Waals surface area contributed by atoms with Crippen molar-refractivity contribution in [1.82, 2.24) is 5.48 Å². The molecule has 90 valence electrons. The zero-order valence-corrected chi connectivity index (χ0v) is 10.1. The minimum absolute atomic E-state index is 0. The molecule has 0 spiro atoms. The van der Waals surface area contributed by atoms with E-state index in [2.05, 4.69) is 19.3 Å². The van der Waals surface area contributed by atoms with Crippen LogP contribution in [0.4, 0.5) is 0 Å². The fourth-order valence-corrected chi connectivity index (χ4v) is 1.30. The predicted molar refractivity (Wildman–Crippen MR) is 59.7 cm³/mol. The van der Waals surface area contributed by atoms with Crippen LogP contribution in [0.3, 0.4) is 0 Å². The molecule has 1 fully saturated rings. The van der Waals surface area contributed by atoms with Crippen LogP contribution in [0.1, 0.15) is 26.7 Å². The molecule has 0 aliphatic carbocycles. The van der Waals surface area contributed by atoms with Crippen LogP contribution in [0.15, 0.2) is 0 Å². The molecule has 5 heteroatoms. The molecule has 4 nitrogen and oxygen atoms in total. The van der Waals surface area contributed by atoms with Gasteiger partial charge in [-0.05, 0) is 18.8 Å². The Balaban J connectivity index is 0.00000196. The molecule has 0 saturated carbocycles. The first-order chi connectivity index (χ1) is 6.70. The van der Waals surface area contributed by atoms with Gasteiger partial charge in [-0.15, -0.1) is 12.4 Å². The maximum atomic E-state index is 11.4. The highest BCUT2D eigenvalue weighted by Gasteiger charge is 2.23. The van der Waals surface area contributed by atoms with Gasteiger partial charge < -0.3 is 9.57 Å². The molecule has 0 amide bonds. The lowest BCUT2D eigenvalue weighted by Crippen LogP contribution is -2.31. The van der Waals surface area contributed by atoms with Crippen molar-refractivity contribution in [2.75, 3.05) is 19.8 Å². The van der Waals surface area contributed by atoms with Gasteiger partial charge in [0.1, 0.15) is 0 Å². The second-order valence-corrected chi connectivity index (χ2v) is 4.05. The first-order valence-electron chi connectivity index (χ1n) is 5.21. The standard InChI is InChI=1S/C10H19NO3.ClH/c1-8(2)7-11-14-10(12)9-3-5-13-6-4-9;/h8-9,11H,3-7H2,1-2H3;1H. The monoisotopic (exact) mass is 237 g/mol. The van der Waals surface area contributed by atoms with E-state index in [-0.39, 0.29) is 24.3 Å². The number of halogens is 1. The molecule has 1 saturated heterocycles. The van der Waals surface area contributed by atoms with Crippen LogP contribution >= 0.6 is 12.4 Å². The van der Waals surface area contributed by atoms with Crippen LogP contribution < -0.4 is 5.48 Å². The third-order valence-corrected chi connectivity index (χ3v) is 2.22. The van der Waals surface area contributed by atoms with E-state index in [1.165, 1.54) is 0 Å². The van der Waals surface area contributed by atoms with Crippen molar-refractivity contribution >= 4 is 18.4 Å². The Morgan fingerprint density at radius 2 is 2.07 bits per heavy atom. The van der Waals surface area contributed by atoms with Gasteiger partial charge in [-0.3, -0.25) is 4.79 Å². The van der Waals surface area contributed by atoms with Crippen molar-refractivity contribution in [3.63, 3.8) is 0 Å². The van der Waals surface area contributed by atoms with Gasteiger partial charge in [-0.1, -0.05) is 13.8 Å². The van der Waals surface area contributed by atoms with Crippen molar-refractivity contribution in [1.29, 1.82) is 0 Å². The summed E-state index contributed by atoms with van der Waals surface area (Å²) in [6.45, 7) is 6.17. The van der Waals surface area contributed by atoms with E-state index >= 15 is 0 Å². The second-order valence-electron chi connectivity index (χ2n) is 4.05. The molecule has 1 rings (SSSR count). The largest absolute Gasteiger partial charge is 0.381 e. The lowest BCUT2D eigenvalue weighted by Gasteiger charge is -2.20. The highest BCUT2D eigenvalue weighted by atomic mass is 35.5. The van der Waals surface area contributed by atoms with Gasteiger partial charge in [0.15, 0.2) is 0 Å². The molecular weight excluding hydrogens is 218 g/mol. The number of nitrogens with one attached hydrogen (secondary N) is 1. The average Bonchev–Trinajstić information content (AvgIpc) is 2.18. The first-order valence-corrected chi connectivity index (χ1v) is 5.21. The Labute approximate surface area is 97.1 Å². The van der Waals surface area contributed by atoms with Gasteiger partial charge in [-0.2, -0.15) is 5.48 Å². The molecule has 1 N–H and O–H groups in total. The number of rotatable bonds is 4. The Morgan fingerprint density at radius 3 is 2.60 bits per heavy atom. The summed E-state index contributed by atoms with van der Waals surface area (Å²) < 4.78 is 5.16. The summed E-state index contributed by atoms with van der Waals surface area (Å²) >= 11 is 0. The molecule has 0 bridgehead atoms. The summed E-state index contributed by atoms with van der Waals surface area (Å²) in [7, 11) is 0. The van der Waals surface area contributed by atoms with E-state index in [9.17, 15) is 4.79 Å². The van der Waals surface area contributed by atoms with E-state index < -0.39 is 0 Å². The first kappa shape index (κ1) is 14.7. The quantitative estimate of drug-likeness (QED) is 0.754. The molecule has 0 atom stereocenters. The summed E-state index contributed by atoms with van der Waals surface area (Å²) in [5, 5.41) is 0. The smallest absolute Gasteiger partial charge is 0.327 e. The van der Waals surface area contributed by atoms with Gasteiger partial charge in [-0.25, -0.2) is 0 Å². The molecular formula is C10H20ClNO3. The molecule has 15 heavy (non-hydrogen) atoms. The fourth-order valence-electron chi connectivity index (χ4n) is 1.30. The molecule has 1 heterocycles. The number of hydroxylamine groups is 1. The molecule has 0 aromatic heterocycles. The van der Waals surface area contributed by atoms with Crippen molar-refractivity contribution in [2.45, 2.75) is 26.7 Å². The third-order valence-electron chi connectivity index (χ3n) is 2.22. The Kier molecular flexibility index (Phi) is 7.74. The van der Waals surface area contributed by atoms with Gasteiger partial charge in [0.2, 0.25) is 0 Å². The Morgan fingerprint density at radius 1 is 1.47 bits per heavy atom. The molecule has 0 radical (unpaired) electrons. The maximum absolute atomic E-state index is 11.4. The molecule has 1 aliphatic rings. The minimum Gasteiger partial charge on any atom is -0.381 e. The summed E-state index contributed by atoms with van der Waals surface area (Å²) in [5.74, 6) is 0.356. The van der Waals surface area contributed by atoms with Gasteiger partial charge >= 0.3 is 5.97 Å². The van der Waals surface area contributed by atoms with Crippen LogP contribution in [-0.4, -0.2) is 25.7 Å². The van der Waals surface area contributed by atoms with E-state index in [0.717, 1.165) is 12.8 Å². The summed E-state index contributed by atoms with van der Waals surface area (Å²) in [5.41, 5.74) is 2.69. The van der Waals surface area contributed by atoms with E-state index in [0.29, 0.717) is 25.7 Å². The van der Waals surface area contributed by atoms with E-state index in [1.54, 1.807) is 0 Å². The van der Waals surface area contributed by atoms with Gasteiger partial charge in [0, 0.05) is 19.8 Å². The van der Waals surface area contributed by atoms with Crippen LogP contribution in [0.2, 0.25) is 0 Å². The summed E-state index contributed by atoms with van der Waals surface area (Å²) in [4.78, 5) is 16.4. The molecule has 0 unspecified atom stereocenters. The number of hydrogen-bond donors (Lipinski definition) is 1. The fraction of sp³-hybridized carbons (Fsp3) is 0.900. The molecule has 0 aromatic rings. The average molecular weight is 238 g/mol. The van der Waals surface area contributed by atoms with Crippen molar-refractivity contribution < 1.29 is 14.4 Å².